The van der Waals surface area contributed by atoms with Gasteiger partial charge in [-0.3, -0.25) is 9.69 Å². The van der Waals surface area contributed by atoms with Crippen LogP contribution < -0.4 is 0 Å². The van der Waals surface area contributed by atoms with Crippen molar-refractivity contribution >= 4 is 17.6 Å². The first kappa shape index (κ1) is 17.4. The van der Waals surface area contributed by atoms with Crippen molar-refractivity contribution in [2.24, 2.45) is 0 Å². The van der Waals surface area contributed by atoms with Crippen molar-refractivity contribution < 1.29 is 14.6 Å². The van der Waals surface area contributed by atoms with Crippen LogP contribution in [-0.2, 0) is 16.0 Å². The molecule has 2 aromatic rings. The molecule has 2 aliphatic heterocycles. The Bertz CT molecular complexity index is 829. The topological polar surface area (TPSA) is 49.8 Å². The van der Waals surface area contributed by atoms with Gasteiger partial charge in [-0.2, -0.15) is 0 Å². The fraction of sp³-hybridized carbons (Fsp3) is 0.381. The second-order valence-corrected chi connectivity index (χ2v) is 7.64. The normalized spacial score (nSPS) is 24.8. The Kier molecular flexibility index (Phi) is 4.41. The number of fused-ring (bicyclic) bond motifs is 2. The van der Waals surface area contributed by atoms with Gasteiger partial charge in [0.2, 0.25) is 0 Å². The lowest BCUT2D eigenvalue weighted by Gasteiger charge is -2.31. The molecule has 2 aliphatic rings. The number of rotatable bonds is 4. The zero-order chi connectivity index (χ0) is 18.3. The smallest absolute Gasteiger partial charge is 0.312 e. The number of esters is 1. The first-order chi connectivity index (χ1) is 12.5. The van der Waals surface area contributed by atoms with Gasteiger partial charge in [0.15, 0.2) is 5.72 Å². The van der Waals surface area contributed by atoms with E-state index in [1.807, 2.05) is 37.4 Å². The Morgan fingerprint density at radius 1 is 1.23 bits per heavy atom. The summed E-state index contributed by atoms with van der Waals surface area (Å²) in [6, 6.07) is 13.4. The van der Waals surface area contributed by atoms with Gasteiger partial charge < -0.3 is 9.84 Å². The van der Waals surface area contributed by atoms with Gasteiger partial charge in [0.05, 0.1) is 11.4 Å². The van der Waals surface area contributed by atoms with Crippen LogP contribution in [0.3, 0.4) is 0 Å². The second kappa shape index (κ2) is 6.60. The van der Waals surface area contributed by atoms with Crippen molar-refractivity contribution in [1.29, 1.82) is 0 Å². The highest BCUT2D eigenvalue weighted by atomic mass is 35.5. The minimum Gasteiger partial charge on any atom is -0.506 e. The Morgan fingerprint density at radius 2 is 1.92 bits per heavy atom. The summed E-state index contributed by atoms with van der Waals surface area (Å²) in [5, 5.41) is 10.8. The quantitative estimate of drug-likeness (QED) is 0.810. The number of phenolic OH excluding ortho intramolecular Hbond substituents is 1. The van der Waals surface area contributed by atoms with Gasteiger partial charge in [-0.15, -0.1) is 0 Å². The third kappa shape index (κ3) is 2.87. The van der Waals surface area contributed by atoms with Gasteiger partial charge >= 0.3 is 5.97 Å². The molecule has 2 bridgehead atoms. The SMILES string of the molecule is CN1C2CCC1(OC(=O)Cc1ccc(Cl)c(O)c1-c1ccccc1)CC2. The molecule has 0 radical (unpaired) electrons. The number of aromatic hydroxyl groups is 1. The highest BCUT2D eigenvalue weighted by Gasteiger charge is 2.52. The largest absolute Gasteiger partial charge is 0.506 e. The van der Waals surface area contributed by atoms with Gasteiger partial charge in [-0.25, -0.2) is 0 Å². The van der Waals surface area contributed by atoms with Crippen molar-refractivity contribution in [3.05, 3.63) is 53.1 Å². The molecule has 0 aliphatic carbocycles. The number of benzene rings is 2. The van der Waals surface area contributed by atoms with Crippen LogP contribution in [0.5, 0.6) is 5.75 Å². The number of halogens is 1. The molecule has 0 spiro atoms. The molecule has 0 atom stereocenters. The van der Waals surface area contributed by atoms with E-state index in [1.54, 1.807) is 12.1 Å². The average molecular weight is 372 g/mol. The third-order valence-corrected chi connectivity index (χ3v) is 6.15. The number of nitrogens with zero attached hydrogens (tertiary/aromatic N) is 1. The van der Waals surface area contributed by atoms with Gasteiger partial charge in [0, 0.05) is 24.4 Å². The average Bonchev–Trinajstić information content (AvgIpc) is 3.10. The van der Waals surface area contributed by atoms with Crippen molar-refractivity contribution in [3.63, 3.8) is 0 Å². The number of carbonyl (C=O) groups is 1. The van der Waals surface area contributed by atoms with Gasteiger partial charge in [-0.05, 0) is 37.1 Å². The second-order valence-electron chi connectivity index (χ2n) is 7.24. The lowest BCUT2D eigenvalue weighted by atomic mass is 9.96. The van der Waals surface area contributed by atoms with Gasteiger partial charge in [-0.1, -0.05) is 48.0 Å². The summed E-state index contributed by atoms with van der Waals surface area (Å²) in [6.45, 7) is 0. The molecule has 4 rings (SSSR count). The molecule has 5 heteroatoms. The molecule has 4 nitrogen and oxygen atoms in total. The van der Waals surface area contributed by atoms with Gasteiger partial charge in [0.25, 0.3) is 0 Å². The molecule has 0 unspecified atom stereocenters. The summed E-state index contributed by atoms with van der Waals surface area (Å²) < 4.78 is 5.94. The maximum absolute atomic E-state index is 12.7. The molecule has 2 heterocycles. The molecular formula is C21H22ClNO3. The van der Waals surface area contributed by atoms with Crippen LogP contribution in [0, 0.1) is 0 Å². The summed E-state index contributed by atoms with van der Waals surface area (Å²) in [6.07, 6.45) is 4.07. The van der Waals surface area contributed by atoms with Gasteiger partial charge in [0.1, 0.15) is 5.75 Å². The molecular weight excluding hydrogens is 350 g/mol. The van der Waals surface area contributed by atoms with E-state index in [-0.39, 0.29) is 23.2 Å². The van der Waals surface area contributed by atoms with E-state index in [0.717, 1.165) is 36.8 Å². The van der Waals surface area contributed by atoms with Crippen LogP contribution in [0.25, 0.3) is 11.1 Å². The number of hydrogen-bond donors (Lipinski definition) is 1. The summed E-state index contributed by atoms with van der Waals surface area (Å²) in [4.78, 5) is 14.9. The zero-order valence-corrected chi connectivity index (χ0v) is 15.5. The first-order valence-corrected chi connectivity index (χ1v) is 9.38. The summed E-state index contributed by atoms with van der Waals surface area (Å²) in [5.74, 6) is -0.265. The minimum absolute atomic E-state index is 0.000227. The number of ether oxygens (including phenoxy) is 1. The minimum atomic E-state index is -0.441. The standard InChI is InChI=1S/C21H22ClNO3/c1-23-16-9-11-21(23,12-10-16)26-18(24)13-15-7-8-17(22)20(25)19(15)14-5-3-2-4-6-14/h2-8,16,25H,9-13H2,1H3. The van der Waals surface area contributed by atoms with Crippen LogP contribution in [0.1, 0.15) is 31.2 Å². The summed E-state index contributed by atoms with van der Waals surface area (Å²) in [5.41, 5.74) is 1.70. The third-order valence-electron chi connectivity index (χ3n) is 5.84. The lowest BCUT2D eigenvalue weighted by Crippen LogP contribution is -2.42. The Morgan fingerprint density at radius 3 is 2.54 bits per heavy atom. The van der Waals surface area contributed by atoms with E-state index in [9.17, 15) is 9.90 Å². The van der Waals surface area contributed by atoms with Crippen LogP contribution in [-0.4, -0.2) is 34.8 Å². The Hall–Kier alpha value is -2.04. The van der Waals surface area contributed by atoms with Crippen molar-refractivity contribution in [3.8, 4) is 16.9 Å². The Balaban J connectivity index is 1.61. The molecule has 136 valence electrons. The number of phenols is 1. The molecule has 2 fully saturated rings. The van der Waals surface area contributed by atoms with E-state index in [4.69, 9.17) is 16.3 Å². The highest BCUT2D eigenvalue weighted by Crippen LogP contribution is 2.46. The van der Waals surface area contributed by atoms with E-state index in [1.165, 1.54) is 0 Å². The molecule has 0 aromatic heterocycles. The van der Waals surface area contributed by atoms with Crippen molar-refractivity contribution in [2.45, 2.75) is 43.9 Å². The van der Waals surface area contributed by atoms with E-state index in [0.29, 0.717) is 11.6 Å². The maximum atomic E-state index is 12.7. The number of carbonyl (C=O) groups excluding carboxylic acids is 1. The molecule has 1 N–H and O–H groups in total. The predicted octanol–water partition coefficient (Wildman–Crippen LogP) is 4.38. The van der Waals surface area contributed by atoms with Crippen LogP contribution >= 0.6 is 11.6 Å². The molecule has 0 saturated carbocycles. The predicted molar refractivity (Wildman–Crippen MR) is 101 cm³/mol. The van der Waals surface area contributed by atoms with E-state index >= 15 is 0 Å². The molecule has 2 saturated heterocycles. The fourth-order valence-electron chi connectivity index (χ4n) is 4.39. The molecule has 26 heavy (non-hydrogen) atoms. The monoisotopic (exact) mass is 371 g/mol. The van der Waals surface area contributed by atoms with Crippen molar-refractivity contribution in [2.75, 3.05) is 7.05 Å². The summed E-state index contributed by atoms with van der Waals surface area (Å²) in [7, 11) is 2.04. The maximum Gasteiger partial charge on any atom is 0.312 e. The van der Waals surface area contributed by atoms with Crippen LogP contribution in [0.15, 0.2) is 42.5 Å². The zero-order valence-electron chi connectivity index (χ0n) is 14.7. The van der Waals surface area contributed by atoms with E-state index in [2.05, 4.69) is 4.90 Å². The summed E-state index contributed by atoms with van der Waals surface area (Å²) >= 11 is 6.11. The van der Waals surface area contributed by atoms with Crippen LogP contribution in [0.4, 0.5) is 0 Å². The van der Waals surface area contributed by atoms with E-state index < -0.39 is 5.72 Å². The fourth-order valence-corrected chi connectivity index (χ4v) is 4.54. The van der Waals surface area contributed by atoms with Crippen molar-refractivity contribution in [1.82, 2.24) is 4.90 Å². The Labute approximate surface area is 158 Å². The molecule has 2 aromatic carbocycles. The first-order valence-electron chi connectivity index (χ1n) is 9.01. The highest BCUT2D eigenvalue weighted by molar-refractivity contribution is 6.32. The lowest BCUT2D eigenvalue weighted by molar-refractivity contribution is -0.172. The molecule has 0 amide bonds. The van der Waals surface area contributed by atoms with Crippen LogP contribution in [0.2, 0.25) is 5.02 Å². The number of hydrogen-bond acceptors (Lipinski definition) is 4.